The van der Waals surface area contributed by atoms with E-state index >= 15 is 0 Å². The predicted octanol–water partition coefficient (Wildman–Crippen LogP) is 2.60. The van der Waals surface area contributed by atoms with Crippen LogP contribution in [0.4, 0.5) is 0 Å². The summed E-state index contributed by atoms with van der Waals surface area (Å²) in [5.41, 5.74) is 2.89. The van der Waals surface area contributed by atoms with E-state index < -0.39 is 0 Å². The molecule has 0 aliphatic rings. The molecule has 5 heteroatoms. The second-order valence-electron chi connectivity index (χ2n) is 2.84. The van der Waals surface area contributed by atoms with E-state index in [0.29, 0.717) is 22.2 Å². The van der Waals surface area contributed by atoms with Crippen LogP contribution in [0.15, 0.2) is 18.2 Å². The number of carbonyl (C=O) groups excluding carboxylic acids is 1. The van der Waals surface area contributed by atoms with Crippen LogP contribution < -0.4 is 5.48 Å². The van der Waals surface area contributed by atoms with E-state index in [1.807, 2.05) is 0 Å². The van der Waals surface area contributed by atoms with Crippen molar-refractivity contribution in [3.05, 3.63) is 33.8 Å². The third kappa shape index (κ3) is 3.70. The first-order valence-electron chi connectivity index (χ1n) is 4.48. The van der Waals surface area contributed by atoms with Gasteiger partial charge in [-0.1, -0.05) is 29.3 Å². The summed E-state index contributed by atoms with van der Waals surface area (Å²) in [4.78, 5) is 16.1. The zero-order valence-electron chi connectivity index (χ0n) is 8.22. The Morgan fingerprint density at radius 2 is 2.00 bits per heavy atom. The molecule has 0 bridgehead atoms. The third-order valence-corrected chi connectivity index (χ3v) is 2.44. The second kappa shape index (κ2) is 5.95. The van der Waals surface area contributed by atoms with Gasteiger partial charge in [0.25, 0.3) is 0 Å². The monoisotopic (exact) mass is 247 g/mol. The summed E-state index contributed by atoms with van der Waals surface area (Å²) in [6, 6.07) is 5.11. The summed E-state index contributed by atoms with van der Waals surface area (Å²) < 4.78 is 0. The van der Waals surface area contributed by atoms with Gasteiger partial charge in [-0.05, 0) is 24.6 Å². The van der Waals surface area contributed by atoms with Gasteiger partial charge in [-0.15, -0.1) is 0 Å². The third-order valence-electron chi connectivity index (χ3n) is 1.73. The number of nitrogens with one attached hydrogen (secondary N) is 1. The molecule has 0 saturated carbocycles. The van der Waals surface area contributed by atoms with Crippen LogP contribution in [0.3, 0.4) is 0 Å². The van der Waals surface area contributed by atoms with E-state index in [1.54, 1.807) is 25.1 Å². The quantitative estimate of drug-likeness (QED) is 0.831. The summed E-state index contributed by atoms with van der Waals surface area (Å²) >= 11 is 11.8. The van der Waals surface area contributed by atoms with Gasteiger partial charge in [-0.25, -0.2) is 5.48 Å². The summed E-state index contributed by atoms with van der Waals surface area (Å²) in [5, 5.41) is 0.961. The lowest BCUT2D eigenvalue weighted by Gasteiger charge is -2.07. The van der Waals surface area contributed by atoms with Crippen molar-refractivity contribution in [1.29, 1.82) is 0 Å². The van der Waals surface area contributed by atoms with Crippen LogP contribution in [0, 0.1) is 0 Å². The van der Waals surface area contributed by atoms with Crippen LogP contribution in [-0.2, 0) is 16.1 Å². The lowest BCUT2D eigenvalue weighted by Crippen LogP contribution is -2.25. The Hall–Kier alpha value is -0.770. The molecule has 1 aromatic carbocycles. The molecule has 0 aliphatic carbocycles. The molecule has 0 heterocycles. The van der Waals surface area contributed by atoms with Gasteiger partial charge in [0.05, 0.1) is 13.0 Å². The average Bonchev–Trinajstić information content (AvgIpc) is 2.21. The largest absolute Gasteiger partial charge is 0.274 e. The topological polar surface area (TPSA) is 38.3 Å². The maximum atomic E-state index is 11.3. The van der Waals surface area contributed by atoms with Gasteiger partial charge < -0.3 is 0 Å². The molecule has 82 valence electrons. The van der Waals surface area contributed by atoms with E-state index in [0.717, 1.165) is 0 Å². The fraction of sp³-hybridized carbons (Fsp3) is 0.300. The molecule has 1 aromatic rings. The van der Waals surface area contributed by atoms with Crippen molar-refractivity contribution < 1.29 is 9.63 Å². The molecule has 1 amide bonds. The lowest BCUT2D eigenvalue weighted by atomic mass is 10.1. The van der Waals surface area contributed by atoms with Crippen molar-refractivity contribution in [3.8, 4) is 0 Å². The van der Waals surface area contributed by atoms with E-state index in [1.165, 1.54) is 0 Å². The maximum Gasteiger partial charge on any atom is 0.248 e. The number of carbonyl (C=O) groups is 1. The normalized spacial score (nSPS) is 10.1. The Balaban J connectivity index is 2.68. The maximum absolute atomic E-state index is 11.3. The van der Waals surface area contributed by atoms with E-state index in [4.69, 9.17) is 28.0 Å². The highest BCUT2D eigenvalue weighted by atomic mass is 35.5. The Morgan fingerprint density at radius 3 is 2.53 bits per heavy atom. The molecule has 1 N–H and O–H groups in total. The molecule has 0 atom stereocenters. The Morgan fingerprint density at radius 1 is 1.40 bits per heavy atom. The smallest absolute Gasteiger partial charge is 0.248 e. The first-order valence-corrected chi connectivity index (χ1v) is 5.24. The zero-order chi connectivity index (χ0) is 11.3. The fourth-order valence-electron chi connectivity index (χ4n) is 1.05. The Labute approximate surface area is 98.3 Å². The van der Waals surface area contributed by atoms with Crippen molar-refractivity contribution in [2.24, 2.45) is 0 Å². The van der Waals surface area contributed by atoms with E-state index in [-0.39, 0.29) is 12.3 Å². The van der Waals surface area contributed by atoms with Crippen molar-refractivity contribution >= 4 is 29.1 Å². The molecule has 0 saturated heterocycles. The number of rotatable bonds is 4. The van der Waals surface area contributed by atoms with Gasteiger partial charge in [0, 0.05) is 10.0 Å². The van der Waals surface area contributed by atoms with Crippen molar-refractivity contribution in [1.82, 2.24) is 5.48 Å². The summed E-state index contributed by atoms with van der Waals surface area (Å²) in [6.45, 7) is 2.20. The highest BCUT2D eigenvalue weighted by Crippen LogP contribution is 2.24. The van der Waals surface area contributed by atoms with Gasteiger partial charge in [-0.3, -0.25) is 9.63 Å². The predicted molar refractivity (Wildman–Crippen MR) is 59.9 cm³/mol. The standard InChI is InChI=1S/C10H11Cl2NO2/c1-2-15-13-10(14)6-7-8(11)4-3-5-9(7)12/h3-5H,2,6H2,1H3,(H,13,14). The van der Waals surface area contributed by atoms with Gasteiger partial charge in [-0.2, -0.15) is 0 Å². The number of amides is 1. The minimum Gasteiger partial charge on any atom is -0.274 e. The summed E-state index contributed by atoms with van der Waals surface area (Å²) in [5.74, 6) is -0.271. The summed E-state index contributed by atoms with van der Waals surface area (Å²) in [7, 11) is 0. The average molecular weight is 248 g/mol. The Kier molecular flexibility index (Phi) is 4.88. The lowest BCUT2D eigenvalue weighted by molar-refractivity contribution is -0.132. The summed E-state index contributed by atoms with van der Waals surface area (Å²) in [6.07, 6.45) is 0.110. The number of hydrogen-bond acceptors (Lipinski definition) is 2. The highest BCUT2D eigenvalue weighted by molar-refractivity contribution is 6.36. The molecular formula is C10H11Cl2NO2. The van der Waals surface area contributed by atoms with Crippen molar-refractivity contribution in [2.75, 3.05) is 6.61 Å². The minimum atomic E-state index is -0.271. The molecule has 1 rings (SSSR count). The van der Waals surface area contributed by atoms with Crippen molar-refractivity contribution in [3.63, 3.8) is 0 Å². The first-order chi connectivity index (χ1) is 7.15. The minimum absolute atomic E-state index is 0.110. The molecule has 0 fully saturated rings. The van der Waals surface area contributed by atoms with Crippen LogP contribution in [-0.4, -0.2) is 12.5 Å². The SMILES string of the molecule is CCONC(=O)Cc1c(Cl)cccc1Cl. The van der Waals surface area contributed by atoms with Gasteiger partial charge in [0.15, 0.2) is 0 Å². The molecule has 0 aliphatic heterocycles. The van der Waals surface area contributed by atoms with E-state index in [2.05, 4.69) is 5.48 Å². The van der Waals surface area contributed by atoms with Crippen molar-refractivity contribution in [2.45, 2.75) is 13.3 Å². The van der Waals surface area contributed by atoms with Gasteiger partial charge in [0.2, 0.25) is 5.91 Å². The molecule has 15 heavy (non-hydrogen) atoms. The van der Waals surface area contributed by atoms with Gasteiger partial charge in [0.1, 0.15) is 0 Å². The molecule has 0 unspecified atom stereocenters. The molecule has 0 aromatic heterocycles. The zero-order valence-corrected chi connectivity index (χ0v) is 9.73. The van der Waals surface area contributed by atoms with Crippen LogP contribution in [0.25, 0.3) is 0 Å². The first kappa shape index (κ1) is 12.3. The second-order valence-corrected chi connectivity index (χ2v) is 3.65. The fourth-order valence-corrected chi connectivity index (χ4v) is 1.58. The number of hydroxylamine groups is 1. The number of hydrogen-bond donors (Lipinski definition) is 1. The van der Waals surface area contributed by atoms with Crippen LogP contribution in [0.5, 0.6) is 0 Å². The van der Waals surface area contributed by atoms with Crippen LogP contribution >= 0.6 is 23.2 Å². The number of halogens is 2. The number of benzene rings is 1. The molecular weight excluding hydrogens is 237 g/mol. The van der Waals surface area contributed by atoms with Gasteiger partial charge >= 0.3 is 0 Å². The van der Waals surface area contributed by atoms with E-state index in [9.17, 15) is 4.79 Å². The molecule has 0 spiro atoms. The van der Waals surface area contributed by atoms with Crippen LogP contribution in [0.2, 0.25) is 10.0 Å². The molecule has 0 radical (unpaired) electrons. The van der Waals surface area contributed by atoms with Crippen LogP contribution in [0.1, 0.15) is 12.5 Å². The highest BCUT2D eigenvalue weighted by Gasteiger charge is 2.10. The molecule has 3 nitrogen and oxygen atoms in total. The Bertz CT molecular complexity index is 335.